The van der Waals surface area contributed by atoms with Crippen molar-refractivity contribution in [3.63, 3.8) is 0 Å². The number of hydrogen-bond acceptors (Lipinski definition) is 7. The van der Waals surface area contributed by atoms with Gasteiger partial charge in [-0.2, -0.15) is 0 Å². The molecule has 0 saturated carbocycles. The van der Waals surface area contributed by atoms with Crippen molar-refractivity contribution in [1.82, 2.24) is 9.55 Å². The summed E-state index contributed by atoms with van der Waals surface area (Å²) in [5.41, 5.74) is 0.821. The maximum Gasteiger partial charge on any atom is 0.271 e. The van der Waals surface area contributed by atoms with E-state index in [-0.39, 0.29) is 24.7 Å². The molecule has 1 N–H and O–H groups in total. The van der Waals surface area contributed by atoms with Crippen molar-refractivity contribution < 1.29 is 19.2 Å². The highest BCUT2D eigenvalue weighted by atomic mass is 16.7. The number of nitrogens with zero attached hydrogens (tertiary/aromatic N) is 3. The van der Waals surface area contributed by atoms with Crippen molar-refractivity contribution in [3.05, 3.63) is 75.3 Å². The molecule has 0 saturated heterocycles. The van der Waals surface area contributed by atoms with Crippen LogP contribution >= 0.6 is 0 Å². The van der Waals surface area contributed by atoms with Crippen LogP contribution in [0.25, 0.3) is 11.3 Å². The Bertz CT molecular complexity index is 1170. The number of nitro groups is 1. The van der Waals surface area contributed by atoms with E-state index >= 15 is 0 Å². The Morgan fingerprint density at radius 3 is 2.79 bits per heavy atom. The number of nitro benzene ring substituents is 1. The third kappa shape index (κ3) is 3.90. The molecule has 2 aromatic carbocycles. The number of fused-ring (bicyclic) bond motifs is 1. The van der Waals surface area contributed by atoms with Crippen molar-refractivity contribution >= 4 is 17.3 Å². The summed E-state index contributed by atoms with van der Waals surface area (Å²) in [6.07, 6.45) is 1.27. The lowest BCUT2D eigenvalue weighted by molar-refractivity contribution is -0.384. The van der Waals surface area contributed by atoms with Crippen molar-refractivity contribution in [1.29, 1.82) is 0 Å². The van der Waals surface area contributed by atoms with E-state index in [1.165, 1.54) is 36.7 Å². The Kier molecular flexibility index (Phi) is 4.65. The lowest BCUT2D eigenvalue weighted by Gasteiger charge is -2.08. The van der Waals surface area contributed by atoms with Crippen LogP contribution in [0, 0.1) is 10.1 Å². The third-order valence-corrected chi connectivity index (χ3v) is 4.20. The van der Waals surface area contributed by atoms with Gasteiger partial charge < -0.3 is 14.8 Å². The second-order valence-corrected chi connectivity index (χ2v) is 6.16. The SMILES string of the molecule is O=C(Cn1cnc(-c2ccc3c(c2)OCO3)cc1=O)Nc1cccc([N+](=O)[O-])c1. The average Bonchev–Trinajstić information content (AvgIpc) is 3.17. The number of carbonyl (C=O) groups excluding carboxylic acids is 1. The van der Waals surface area contributed by atoms with E-state index in [0.717, 1.165) is 4.57 Å². The zero-order valence-electron chi connectivity index (χ0n) is 14.9. The molecular formula is C19H14N4O6. The minimum atomic E-state index is -0.557. The van der Waals surface area contributed by atoms with Crippen LogP contribution in [0.1, 0.15) is 0 Å². The molecule has 146 valence electrons. The predicted octanol–water partition coefficient (Wildman–Crippen LogP) is 2.19. The third-order valence-electron chi connectivity index (χ3n) is 4.20. The van der Waals surface area contributed by atoms with Crippen LogP contribution in [0.2, 0.25) is 0 Å². The lowest BCUT2D eigenvalue weighted by Crippen LogP contribution is -2.27. The van der Waals surface area contributed by atoms with Gasteiger partial charge in [-0.1, -0.05) is 6.07 Å². The number of anilines is 1. The first-order valence-electron chi connectivity index (χ1n) is 8.50. The van der Waals surface area contributed by atoms with Gasteiger partial charge in [-0.05, 0) is 24.3 Å². The highest BCUT2D eigenvalue weighted by molar-refractivity contribution is 5.90. The van der Waals surface area contributed by atoms with Crippen LogP contribution in [-0.4, -0.2) is 27.2 Å². The van der Waals surface area contributed by atoms with Crippen molar-refractivity contribution in [2.75, 3.05) is 12.1 Å². The molecule has 0 aliphatic carbocycles. The van der Waals surface area contributed by atoms with E-state index in [1.54, 1.807) is 18.2 Å². The summed E-state index contributed by atoms with van der Waals surface area (Å²) in [4.78, 5) is 39.1. The smallest absolute Gasteiger partial charge is 0.271 e. The largest absolute Gasteiger partial charge is 0.454 e. The number of hydrogen-bond donors (Lipinski definition) is 1. The predicted molar refractivity (Wildman–Crippen MR) is 102 cm³/mol. The molecule has 3 aromatic rings. The highest BCUT2D eigenvalue weighted by Crippen LogP contribution is 2.35. The maximum atomic E-state index is 12.4. The average molecular weight is 394 g/mol. The Labute approximate surface area is 163 Å². The fourth-order valence-electron chi connectivity index (χ4n) is 2.81. The summed E-state index contributed by atoms with van der Waals surface area (Å²) in [5, 5.41) is 13.3. The first kappa shape index (κ1) is 18.2. The minimum absolute atomic E-state index is 0.144. The summed E-state index contributed by atoms with van der Waals surface area (Å²) in [6.45, 7) is -0.135. The number of ether oxygens (including phenoxy) is 2. The minimum Gasteiger partial charge on any atom is -0.454 e. The molecule has 0 spiro atoms. The summed E-state index contributed by atoms with van der Waals surface area (Å²) in [5.74, 6) is 0.690. The van der Waals surface area contributed by atoms with E-state index < -0.39 is 16.4 Å². The van der Waals surface area contributed by atoms with E-state index in [0.29, 0.717) is 22.8 Å². The van der Waals surface area contributed by atoms with Crippen molar-refractivity contribution in [2.24, 2.45) is 0 Å². The normalized spacial score (nSPS) is 11.9. The monoisotopic (exact) mass is 394 g/mol. The number of nitrogens with one attached hydrogen (secondary N) is 1. The quantitative estimate of drug-likeness (QED) is 0.519. The van der Waals surface area contributed by atoms with Gasteiger partial charge in [0, 0.05) is 29.4 Å². The molecule has 1 aliphatic rings. The van der Waals surface area contributed by atoms with Crippen molar-refractivity contribution in [2.45, 2.75) is 6.54 Å². The summed E-state index contributed by atoms with van der Waals surface area (Å²) in [7, 11) is 0. The van der Waals surface area contributed by atoms with Crippen LogP contribution < -0.4 is 20.3 Å². The summed E-state index contributed by atoms with van der Waals surface area (Å²) < 4.78 is 11.7. The maximum absolute atomic E-state index is 12.4. The van der Waals surface area contributed by atoms with E-state index in [4.69, 9.17) is 9.47 Å². The molecule has 4 rings (SSSR count). The van der Waals surface area contributed by atoms with E-state index in [9.17, 15) is 19.7 Å². The Hall–Kier alpha value is -4.21. The fraction of sp³-hybridized carbons (Fsp3) is 0.105. The van der Waals surface area contributed by atoms with Gasteiger partial charge in [-0.25, -0.2) is 4.98 Å². The van der Waals surface area contributed by atoms with Crippen LogP contribution in [0.15, 0.2) is 59.7 Å². The molecule has 2 heterocycles. The van der Waals surface area contributed by atoms with Gasteiger partial charge in [0.2, 0.25) is 12.7 Å². The van der Waals surface area contributed by atoms with Crippen LogP contribution in [0.4, 0.5) is 11.4 Å². The summed E-state index contributed by atoms with van der Waals surface area (Å²) >= 11 is 0. The number of benzene rings is 2. The second kappa shape index (κ2) is 7.43. The van der Waals surface area contributed by atoms with Gasteiger partial charge in [-0.15, -0.1) is 0 Å². The van der Waals surface area contributed by atoms with Gasteiger partial charge in [0.05, 0.1) is 16.9 Å². The molecule has 29 heavy (non-hydrogen) atoms. The van der Waals surface area contributed by atoms with Gasteiger partial charge in [-0.3, -0.25) is 24.3 Å². The van der Waals surface area contributed by atoms with E-state index in [2.05, 4.69) is 10.3 Å². The molecule has 1 amide bonds. The highest BCUT2D eigenvalue weighted by Gasteiger charge is 2.15. The molecule has 0 radical (unpaired) electrons. The summed E-state index contributed by atoms with van der Waals surface area (Å²) in [6, 6.07) is 12.1. The fourth-order valence-corrected chi connectivity index (χ4v) is 2.81. The molecule has 10 nitrogen and oxygen atoms in total. The van der Waals surface area contributed by atoms with Crippen molar-refractivity contribution in [3.8, 4) is 22.8 Å². The standard InChI is InChI=1S/C19H14N4O6/c24-18(21-13-2-1-3-14(7-13)23(26)27)9-22-10-20-15(8-19(22)25)12-4-5-16-17(6-12)29-11-28-16/h1-8,10H,9,11H2,(H,21,24). The molecule has 1 aromatic heterocycles. The lowest BCUT2D eigenvalue weighted by atomic mass is 10.1. The Balaban J connectivity index is 1.48. The Morgan fingerprint density at radius 1 is 1.17 bits per heavy atom. The Morgan fingerprint density at radius 2 is 2.00 bits per heavy atom. The van der Waals surface area contributed by atoms with Crippen LogP contribution in [-0.2, 0) is 11.3 Å². The zero-order chi connectivity index (χ0) is 20.4. The molecule has 0 bridgehead atoms. The number of non-ortho nitro benzene ring substituents is 1. The molecule has 1 aliphatic heterocycles. The van der Waals surface area contributed by atoms with Gasteiger partial charge in [0.25, 0.3) is 11.2 Å². The molecule has 0 unspecified atom stereocenters. The number of rotatable bonds is 5. The molecule has 0 atom stereocenters. The van der Waals surface area contributed by atoms with Crippen LogP contribution in [0.5, 0.6) is 11.5 Å². The topological polar surface area (TPSA) is 126 Å². The van der Waals surface area contributed by atoms with Gasteiger partial charge in [0.15, 0.2) is 11.5 Å². The van der Waals surface area contributed by atoms with E-state index in [1.807, 2.05) is 0 Å². The number of aromatic nitrogens is 2. The number of amides is 1. The molecule has 0 fully saturated rings. The molecular weight excluding hydrogens is 380 g/mol. The first-order chi connectivity index (χ1) is 14.0. The first-order valence-corrected chi connectivity index (χ1v) is 8.50. The zero-order valence-corrected chi connectivity index (χ0v) is 14.9. The van der Waals surface area contributed by atoms with Gasteiger partial charge >= 0.3 is 0 Å². The van der Waals surface area contributed by atoms with Gasteiger partial charge in [0.1, 0.15) is 6.54 Å². The van der Waals surface area contributed by atoms with Crippen LogP contribution in [0.3, 0.4) is 0 Å². The second-order valence-electron chi connectivity index (χ2n) is 6.16. The molecule has 10 heteroatoms. The number of carbonyl (C=O) groups is 1.